The number of methoxy groups -OCH3 is 1. The second kappa shape index (κ2) is 14.0. The second-order valence-corrected chi connectivity index (χ2v) is 10.6. The Hall–Kier alpha value is -5.23. The van der Waals surface area contributed by atoms with Gasteiger partial charge in [-0.25, -0.2) is 14.4 Å². The van der Waals surface area contributed by atoms with Crippen LogP contribution in [0.1, 0.15) is 18.5 Å². The molecule has 0 bridgehead atoms. The van der Waals surface area contributed by atoms with Gasteiger partial charge in [0.1, 0.15) is 29.5 Å². The molecule has 0 unspecified atom stereocenters. The van der Waals surface area contributed by atoms with E-state index >= 15 is 0 Å². The molecule has 4 aromatic rings. The Morgan fingerprint density at radius 3 is 2.69 bits per heavy atom. The van der Waals surface area contributed by atoms with E-state index in [0.717, 1.165) is 23.9 Å². The van der Waals surface area contributed by atoms with E-state index in [-0.39, 0.29) is 17.8 Å². The van der Waals surface area contributed by atoms with E-state index in [4.69, 9.17) is 26.8 Å². The number of benzene rings is 2. The summed E-state index contributed by atoms with van der Waals surface area (Å²) in [4.78, 5) is 30.7. The number of allylic oxidation sites excluding steroid dienone is 1. The van der Waals surface area contributed by atoms with E-state index in [9.17, 15) is 9.18 Å². The van der Waals surface area contributed by atoms with Gasteiger partial charge < -0.3 is 30.7 Å². The lowest BCUT2D eigenvalue weighted by molar-refractivity contribution is -0.126. The van der Waals surface area contributed by atoms with Crippen molar-refractivity contribution in [2.45, 2.75) is 25.8 Å². The summed E-state index contributed by atoms with van der Waals surface area (Å²) in [5, 5.41) is 7.95. The highest BCUT2D eigenvalue weighted by Crippen LogP contribution is 2.35. The predicted molar refractivity (Wildman–Crippen MR) is 174 cm³/mol. The number of aryl methyl sites for hydroxylation is 1. The number of aromatic nitrogens is 3. The summed E-state index contributed by atoms with van der Waals surface area (Å²) < 4.78 is 25.0. The van der Waals surface area contributed by atoms with Crippen LogP contribution in [0.4, 0.5) is 27.3 Å². The molecule has 0 radical (unpaired) electrons. The van der Waals surface area contributed by atoms with Crippen molar-refractivity contribution in [1.29, 1.82) is 0 Å². The molecule has 5 rings (SSSR count). The number of pyridine rings is 1. The molecule has 0 aliphatic carbocycles. The van der Waals surface area contributed by atoms with Crippen LogP contribution in [0.25, 0.3) is 10.9 Å². The van der Waals surface area contributed by atoms with Gasteiger partial charge in [-0.05, 0) is 50.1 Å². The topological polar surface area (TPSA) is 140 Å². The van der Waals surface area contributed by atoms with Gasteiger partial charge in [0, 0.05) is 54.6 Å². The molecule has 1 fully saturated rings. The number of carbonyl (C=O) groups is 1. The monoisotopic (exact) mass is 630 g/mol. The summed E-state index contributed by atoms with van der Waals surface area (Å²) in [6.45, 7) is 6.45. The van der Waals surface area contributed by atoms with Crippen molar-refractivity contribution in [3.05, 3.63) is 90.1 Å². The molecule has 45 heavy (non-hydrogen) atoms. The number of rotatable bonds is 10. The highest BCUT2D eigenvalue weighted by atomic mass is 35.5. The van der Waals surface area contributed by atoms with E-state index in [0.29, 0.717) is 58.0 Å². The minimum atomic E-state index is -0.444. The maximum Gasteiger partial charge on any atom is 0.245 e. The molecule has 2 aromatic heterocycles. The Morgan fingerprint density at radius 2 is 1.98 bits per heavy atom. The van der Waals surface area contributed by atoms with Crippen LogP contribution < -0.4 is 25.8 Å². The van der Waals surface area contributed by atoms with Crippen molar-refractivity contribution in [3.63, 3.8) is 0 Å². The number of hydrogen-bond donors (Lipinski definition) is 3. The van der Waals surface area contributed by atoms with Gasteiger partial charge in [0.15, 0.2) is 5.88 Å². The van der Waals surface area contributed by atoms with Crippen LogP contribution in [-0.4, -0.2) is 58.2 Å². The summed E-state index contributed by atoms with van der Waals surface area (Å²) >= 11 is 6.51. The van der Waals surface area contributed by atoms with Crippen LogP contribution in [0.3, 0.4) is 0 Å². The Bertz CT molecular complexity index is 1790. The fourth-order valence-electron chi connectivity index (χ4n) is 4.78. The van der Waals surface area contributed by atoms with Crippen LogP contribution in [0.2, 0.25) is 5.02 Å². The van der Waals surface area contributed by atoms with E-state index in [1.54, 1.807) is 37.1 Å². The average molecular weight is 631 g/mol. The standard InChI is InChI=1S/C32H32ClFN8O3/c1-4-31(43)42-11-8-20(9-12-42)40-27-15-23-26(16-29(27)44-3)38-18-39-32(23)41-21-5-6-28(24(33)13-21)45-30(35)7-10-36-22-14-25(34)19(2)37-17-22/h4-7,10,13-18,20,40H,1,8-9,11-12,35H2,2-3H3,(H,38,39,41)/b30-7+,36-10?. The van der Waals surface area contributed by atoms with Crippen molar-refractivity contribution in [2.75, 3.05) is 30.8 Å². The zero-order valence-electron chi connectivity index (χ0n) is 24.8. The molecule has 0 spiro atoms. The number of nitrogens with two attached hydrogens (primary N) is 1. The van der Waals surface area contributed by atoms with Gasteiger partial charge in [0.25, 0.3) is 0 Å². The first-order valence-electron chi connectivity index (χ1n) is 14.1. The molecular formula is C32H32ClFN8O3. The van der Waals surface area contributed by atoms with Gasteiger partial charge in [0.05, 0.1) is 40.9 Å². The normalized spacial score (nSPS) is 14.0. The number of hydrogen-bond acceptors (Lipinski definition) is 10. The third-order valence-electron chi connectivity index (χ3n) is 7.19. The lowest BCUT2D eigenvalue weighted by atomic mass is 10.0. The second-order valence-electron chi connectivity index (χ2n) is 10.2. The lowest BCUT2D eigenvalue weighted by Gasteiger charge is -2.32. The van der Waals surface area contributed by atoms with Gasteiger partial charge in [0.2, 0.25) is 5.91 Å². The van der Waals surface area contributed by atoms with Crippen LogP contribution in [0.5, 0.6) is 11.5 Å². The molecule has 1 saturated heterocycles. The van der Waals surface area contributed by atoms with Crippen molar-refractivity contribution >= 4 is 57.5 Å². The molecule has 232 valence electrons. The van der Waals surface area contributed by atoms with Gasteiger partial charge >= 0.3 is 0 Å². The third kappa shape index (κ3) is 7.65. The first-order valence-corrected chi connectivity index (χ1v) is 14.5. The van der Waals surface area contributed by atoms with Gasteiger partial charge in [-0.1, -0.05) is 18.2 Å². The fraction of sp³-hybridized carbons (Fsp3) is 0.219. The molecule has 13 heteroatoms. The summed E-state index contributed by atoms with van der Waals surface area (Å²) in [6.07, 6.45) is 8.67. The Balaban J connectivity index is 1.29. The zero-order valence-corrected chi connectivity index (χ0v) is 25.5. The Labute approximate surface area is 264 Å². The average Bonchev–Trinajstić information content (AvgIpc) is 3.04. The minimum absolute atomic E-state index is 0.0376. The molecule has 4 N–H and O–H groups in total. The molecule has 3 heterocycles. The van der Waals surface area contributed by atoms with Gasteiger partial charge in [-0.2, -0.15) is 0 Å². The van der Waals surface area contributed by atoms with Crippen molar-refractivity contribution < 1.29 is 18.7 Å². The van der Waals surface area contributed by atoms with E-state index in [1.165, 1.54) is 37.0 Å². The molecule has 0 atom stereocenters. The SMILES string of the molecule is C=CC(=O)N1CCC(Nc2cc3c(Nc4ccc(O/C(N)=C/C=Nc5cnc(C)c(F)c5)c(Cl)c4)ncnc3cc2OC)CC1. The summed E-state index contributed by atoms with van der Waals surface area (Å²) in [6, 6.07) is 10.4. The van der Waals surface area contributed by atoms with Crippen LogP contribution in [0.15, 0.2) is 78.5 Å². The number of piperidine rings is 1. The molecule has 0 saturated carbocycles. The third-order valence-corrected chi connectivity index (χ3v) is 7.49. The number of amides is 1. The smallest absolute Gasteiger partial charge is 0.245 e. The number of ether oxygens (including phenoxy) is 2. The number of carbonyl (C=O) groups excluding carboxylic acids is 1. The van der Waals surface area contributed by atoms with Crippen molar-refractivity contribution in [2.24, 2.45) is 10.7 Å². The molecule has 1 aliphatic heterocycles. The largest absolute Gasteiger partial charge is 0.495 e. The number of nitrogens with one attached hydrogen (secondary N) is 2. The van der Waals surface area contributed by atoms with Gasteiger partial charge in [-0.15, -0.1) is 0 Å². The van der Waals surface area contributed by atoms with E-state index < -0.39 is 5.82 Å². The number of likely N-dealkylation sites (tertiary alicyclic amines) is 1. The number of nitrogens with zero attached hydrogens (tertiary/aromatic N) is 5. The fourth-order valence-corrected chi connectivity index (χ4v) is 5.00. The highest BCUT2D eigenvalue weighted by Gasteiger charge is 2.22. The van der Waals surface area contributed by atoms with E-state index in [1.807, 2.05) is 12.1 Å². The zero-order chi connectivity index (χ0) is 31.9. The highest BCUT2D eigenvalue weighted by molar-refractivity contribution is 6.32. The van der Waals surface area contributed by atoms with Crippen LogP contribution in [-0.2, 0) is 4.79 Å². The Morgan fingerprint density at radius 1 is 1.18 bits per heavy atom. The number of aliphatic imine (C=N–C) groups is 1. The van der Waals surface area contributed by atoms with Crippen molar-refractivity contribution in [1.82, 2.24) is 19.9 Å². The lowest BCUT2D eigenvalue weighted by Crippen LogP contribution is -2.41. The predicted octanol–water partition coefficient (Wildman–Crippen LogP) is 6.05. The van der Waals surface area contributed by atoms with E-state index in [2.05, 4.69) is 37.2 Å². The van der Waals surface area contributed by atoms with Crippen molar-refractivity contribution in [3.8, 4) is 11.5 Å². The minimum Gasteiger partial charge on any atom is -0.495 e. The number of anilines is 3. The number of halogens is 2. The molecule has 1 aliphatic rings. The molecular weight excluding hydrogens is 599 g/mol. The summed E-state index contributed by atoms with van der Waals surface area (Å²) in [5.41, 5.74) is 8.77. The molecule has 1 amide bonds. The summed E-state index contributed by atoms with van der Waals surface area (Å²) in [5.74, 6) is 1.09. The van der Waals surface area contributed by atoms with Crippen LogP contribution in [0, 0.1) is 12.7 Å². The first-order chi connectivity index (χ1) is 21.7. The maximum atomic E-state index is 13.7. The maximum absolute atomic E-state index is 13.7. The first kappa shape index (κ1) is 31.2. The van der Waals surface area contributed by atoms with Crippen LogP contribution >= 0.6 is 11.6 Å². The number of fused-ring (bicyclic) bond motifs is 1. The molecule has 11 nitrogen and oxygen atoms in total. The summed E-state index contributed by atoms with van der Waals surface area (Å²) in [7, 11) is 1.61. The van der Waals surface area contributed by atoms with Gasteiger partial charge in [-0.3, -0.25) is 14.8 Å². The Kier molecular flexibility index (Phi) is 9.73. The quantitative estimate of drug-likeness (QED) is 0.109. The molecule has 2 aromatic carbocycles.